The molecule has 0 aliphatic heterocycles. The maximum Gasteiger partial charge on any atom is 0.114 e. The van der Waals surface area contributed by atoms with Gasteiger partial charge in [0.25, 0.3) is 0 Å². The zero-order chi connectivity index (χ0) is 15.6. The van der Waals surface area contributed by atoms with E-state index in [2.05, 4.69) is 37.9 Å². The van der Waals surface area contributed by atoms with Crippen LogP contribution in [-0.4, -0.2) is 26.2 Å². The molecule has 0 saturated heterocycles. The number of benzene rings is 1. The molecule has 1 N–H and O–H groups in total. The maximum absolute atomic E-state index is 10.6. The lowest BCUT2D eigenvalue weighted by Gasteiger charge is -2.34. The Morgan fingerprint density at radius 3 is 2.52 bits per heavy atom. The van der Waals surface area contributed by atoms with Crippen LogP contribution in [0.4, 0.5) is 0 Å². The minimum absolute atomic E-state index is 0.0608. The van der Waals surface area contributed by atoms with E-state index in [1.165, 1.54) is 0 Å². The van der Waals surface area contributed by atoms with Crippen LogP contribution in [0.15, 0.2) is 18.2 Å². The van der Waals surface area contributed by atoms with Crippen molar-refractivity contribution in [2.45, 2.75) is 53.2 Å². The van der Waals surface area contributed by atoms with Gasteiger partial charge in [0.2, 0.25) is 0 Å². The fourth-order valence-corrected chi connectivity index (χ4v) is 2.99. The van der Waals surface area contributed by atoms with Crippen LogP contribution in [0.25, 0.3) is 11.0 Å². The van der Waals surface area contributed by atoms with Crippen LogP contribution in [0.1, 0.15) is 40.5 Å². The molecule has 21 heavy (non-hydrogen) atoms. The number of fused-ring (bicyclic) bond motifs is 1. The number of hydrogen-bond acceptors (Lipinski definition) is 3. The SMILES string of the molecule is CCCC(C(O)Cn1nc2ccc(Cl)cc2n1)C(C)(C)C. The molecular weight excluding hydrogens is 286 g/mol. The minimum Gasteiger partial charge on any atom is -0.391 e. The average molecular weight is 310 g/mol. The van der Waals surface area contributed by atoms with E-state index < -0.39 is 6.10 Å². The number of nitrogens with zero attached hydrogens (tertiary/aromatic N) is 3. The van der Waals surface area contributed by atoms with Crippen LogP contribution in [0.2, 0.25) is 5.02 Å². The van der Waals surface area contributed by atoms with Gasteiger partial charge in [0.1, 0.15) is 11.0 Å². The Bertz CT molecular complexity index is 603. The van der Waals surface area contributed by atoms with Crippen molar-refractivity contribution in [3.8, 4) is 0 Å². The molecular formula is C16H24ClN3O. The molecule has 0 saturated carbocycles. The third-order valence-electron chi connectivity index (χ3n) is 3.91. The van der Waals surface area contributed by atoms with E-state index >= 15 is 0 Å². The Balaban J connectivity index is 2.17. The summed E-state index contributed by atoms with van der Waals surface area (Å²) in [7, 11) is 0. The summed E-state index contributed by atoms with van der Waals surface area (Å²) in [6.45, 7) is 9.07. The largest absolute Gasteiger partial charge is 0.391 e. The van der Waals surface area contributed by atoms with Crippen LogP contribution in [0, 0.1) is 11.3 Å². The molecule has 2 unspecified atom stereocenters. The van der Waals surface area contributed by atoms with E-state index in [1.54, 1.807) is 16.9 Å². The van der Waals surface area contributed by atoms with Crippen molar-refractivity contribution in [2.75, 3.05) is 0 Å². The number of rotatable bonds is 5. The number of aromatic nitrogens is 3. The van der Waals surface area contributed by atoms with Gasteiger partial charge in [-0.2, -0.15) is 15.0 Å². The zero-order valence-corrected chi connectivity index (χ0v) is 13.9. The molecule has 1 aromatic carbocycles. The van der Waals surface area contributed by atoms with Crippen LogP contribution >= 0.6 is 11.6 Å². The molecule has 2 atom stereocenters. The Kier molecular flexibility index (Phi) is 4.89. The third-order valence-corrected chi connectivity index (χ3v) is 4.15. The Morgan fingerprint density at radius 1 is 1.24 bits per heavy atom. The van der Waals surface area contributed by atoms with Gasteiger partial charge < -0.3 is 5.11 Å². The predicted molar refractivity (Wildman–Crippen MR) is 86.4 cm³/mol. The normalized spacial score (nSPS) is 15.3. The fourth-order valence-electron chi connectivity index (χ4n) is 2.82. The van der Waals surface area contributed by atoms with E-state index in [9.17, 15) is 5.11 Å². The predicted octanol–water partition coefficient (Wildman–Crippen LogP) is 3.91. The lowest BCUT2D eigenvalue weighted by molar-refractivity contribution is 0.0200. The second-order valence-corrected chi connectivity index (χ2v) is 7.15. The van der Waals surface area contributed by atoms with Gasteiger partial charge in [-0.25, -0.2) is 0 Å². The second-order valence-electron chi connectivity index (χ2n) is 6.72. The Morgan fingerprint density at radius 2 is 1.90 bits per heavy atom. The van der Waals surface area contributed by atoms with Crippen LogP contribution in [-0.2, 0) is 6.54 Å². The Hall–Kier alpha value is -1.13. The third kappa shape index (κ3) is 3.95. The van der Waals surface area contributed by atoms with E-state index in [0.29, 0.717) is 11.6 Å². The van der Waals surface area contributed by atoms with Gasteiger partial charge in [0.05, 0.1) is 12.6 Å². The molecule has 1 aromatic heterocycles. The first-order valence-corrected chi connectivity index (χ1v) is 7.87. The molecule has 1 heterocycles. The summed E-state index contributed by atoms with van der Waals surface area (Å²) in [5, 5.41) is 20.0. The van der Waals surface area contributed by atoms with Gasteiger partial charge in [-0.3, -0.25) is 0 Å². The molecule has 0 aliphatic carbocycles. The average Bonchev–Trinajstić information content (AvgIpc) is 2.75. The lowest BCUT2D eigenvalue weighted by atomic mass is 9.75. The second kappa shape index (κ2) is 6.32. The quantitative estimate of drug-likeness (QED) is 0.911. The van der Waals surface area contributed by atoms with Gasteiger partial charge >= 0.3 is 0 Å². The van der Waals surface area contributed by atoms with Crippen molar-refractivity contribution in [1.29, 1.82) is 0 Å². The molecule has 5 heteroatoms. The summed E-state index contributed by atoms with van der Waals surface area (Å²) in [5.41, 5.74) is 1.62. The molecule has 0 aliphatic rings. The van der Waals surface area contributed by atoms with E-state index in [1.807, 2.05) is 6.07 Å². The number of aliphatic hydroxyl groups excluding tert-OH is 1. The zero-order valence-electron chi connectivity index (χ0n) is 13.2. The summed E-state index contributed by atoms with van der Waals surface area (Å²) < 4.78 is 0. The highest BCUT2D eigenvalue weighted by Crippen LogP contribution is 2.33. The topological polar surface area (TPSA) is 50.9 Å². The molecule has 0 radical (unpaired) electrons. The molecule has 0 spiro atoms. The smallest absolute Gasteiger partial charge is 0.114 e. The van der Waals surface area contributed by atoms with Crippen molar-refractivity contribution in [3.05, 3.63) is 23.2 Å². The molecule has 0 fully saturated rings. The highest BCUT2D eigenvalue weighted by molar-refractivity contribution is 6.31. The highest BCUT2D eigenvalue weighted by Gasteiger charge is 2.30. The summed E-state index contributed by atoms with van der Waals surface area (Å²) in [4.78, 5) is 1.58. The van der Waals surface area contributed by atoms with Crippen molar-refractivity contribution >= 4 is 22.6 Å². The van der Waals surface area contributed by atoms with Gasteiger partial charge in [0, 0.05) is 5.02 Å². The molecule has 116 valence electrons. The molecule has 2 aromatic rings. The first kappa shape index (κ1) is 16.2. The van der Waals surface area contributed by atoms with Crippen LogP contribution in [0.5, 0.6) is 0 Å². The monoisotopic (exact) mass is 309 g/mol. The van der Waals surface area contributed by atoms with E-state index in [4.69, 9.17) is 11.6 Å². The molecule has 0 bridgehead atoms. The van der Waals surface area contributed by atoms with Gasteiger partial charge in [-0.1, -0.05) is 45.7 Å². The standard InChI is InChI=1S/C16H24ClN3O/c1-5-6-12(16(2,3)4)15(21)10-20-18-13-8-7-11(17)9-14(13)19-20/h7-9,12,15,21H,5-6,10H2,1-4H3. The minimum atomic E-state index is -0.456. The first-order chi connectivity index (χ1) is 9.81. The van der Waals surface area contributed by atoms with Crippen molar-refractivity contribution in [1.82, 2.24) is 15.0 Å². The summed E-state index contributed by atoms with van der Waals surface area (Å²) >= 11 is 5.96. The lowest BCUT2D eigenvalue weighted by Crippen LogP contribution is -2.35. The number of halogens is 1. The maximum atomic E-state index is 10.6. The highest BCUT2D eigenvalue weighted by atomic mass is 35.5. The molecule has 2 rings (SSSR count). The van der Waals surface area contributed by atoms with E-state index in [0.717, 1.165) is 23.9 Å². The summed E-state index contributed by atoms with van der Waals surface area (Å²) in [6, 6.07) is 5.44. The summed E-state index contributed by atoms with van der Waals surface area (Å²) in [6.07, 6.45) is 1.60. The van der Waals surface area contributed by atoms with Gasteiger partial charge in [-0.15, -0.1) is 0 Å². The van der Waals surface area contributed by atoms with Crippen molar-refractivity contribution in [3.63, 3.8) is 0 Å². The van der Waals surface area contributed by atoms with Crippen LogP contribution < -0.4 is 0 Å². The summed E-state index contributed by atoms with van der Waals surface area (Å²) in [5.74, 6) is 0.222. The van der Waals surface area contributed by atoms with Crippen molar-refractivity contribution < 1.29 is 5.11 Å². The van der Waals surface area contributed by atoms with Crippen molar-refractivity contribution in [2.24, 2.45) is 11.3 Å². The van der Waals surface area contributed by atoms with E-state index in [-0.39, 0.29) is 11.3 Å². The van der Waals surface area contributed by atoms with Gasteiger partial charge in [0.15, 0.2) is 0 Å². The molecule has 0 amide bonds. The Labute approximate surface area is 131 Å². The fraction of sp³-hybridized carbons (Fsp3) is 0.625. The first-order valence-electron chi connectivity index (χ1n) is 7.49. The van der Waals surface area contributed by atoms with Crippen LogP contribution in [0.3, 0.4) is 0 Å². The molecule has 4 nitrogen and oxygen atoms in total. The van der Waals surface area contributed by atoms with Gasteiger partial charge in [-0.05, 0) is 36.0 Å². The number of hydrogen-bond donors (Lipinski definition) is 1. The number of aliphatic hydroxyl groups is 1.